The lowest BCUT2D eigenvalue weighted by molar-refractivity contribution is 0.0998. The van der Waals surface area contributed by atoms with Gasteiger partial charge in [-0.3, -0.25) is 4.79 Å². The quantitative estimate of drug-likeness (QED) is 0.507. The molecule has 1 aliphatic carbocycles. The summed E-state index contributed by atoms with van der Waals surface area (Å²) in [5, 5.41) is 0.911. The van der Waals surface area contributed by atoms with Crippen LogP contribution >= 0.6 is 0 Å². The van der Waals surface area contributed by atoms with E-state index < -0.39 is 11.7 Å². The molecule has 5 nitrogen and oxygen atoms in total. The van der Waals surface area contributed by atoms with Gasteiger partial charge in [0.15, 0.2) is 11.6 Å². The molecule has 0 bridgehead atoms. The van der Waals surface area contributed by atoms with Crippen LogP contribution in [0.15, 0.2) is 48.5 Å². The number of hydrogen-bond donors (Lipinski definition) is 2. The Morgan fingerprint density at radius 1 is 1.27 bits per heavy atom. The largest absolute Gasteiger partial charge is 0.460 e. The van der Waals surface area contributed by atoms with Crippen molar-refractivity contribution in [3.8, 4) is 5.75 Å². The van der Waals surface area contributed by atoms with Gasteiger partial charge in [-0.1, -0.05) is 6.92 Å². The van der Waals surface area contributed by atoms with Crippen molar-refractivity contribution < 1.29 is 18.3 Å². The molecular formula is C26H27F2N3O2. The third-order valence-corrected chi connectivity index (χ3v) is 7.04. The van der Waals surface area contributed by atoms with Crippen molar-refractivity contribution in [1.82, 2.24) is 9.88 Å². The molecule has 0 radical (unpaired) electrons. The van der Waals surface area contributed by atoms with E-state index >= 15 is 0 Å². The van der Waals surface area contributed by atoms with Gasteiger partial charge >= 0.3 is 0 Å². The first-order chi connectivity index (χ1) is 15.9. The summed E-state index contributed by atoms with van der Waals surface area (Å²) in [4.78, 5) is 17.5. The Morgan fingerprint density at radius 3 is 2.82 bits per heavy atom. The number of carbonyl (C=O) groups excluding carboxylic acids is 1. The van der Waals surface area contributed by atoms with Crippen LogP contribution in [0.3, 0.4) is 0 Å². The topological polar surface area (TPSA) is 71.3 Å². The molecule has 7 heteroatoms. The van der Waals surface area contributed by atoms with Crippen molar-refractivity contribution >= 4 is 16.8 Å². The normalized spacial score (nSPS) is 16.5. The SMILES string of the molecule is C[C@@H](CCN(C1=COc2c(F)ccc(C(N)=O)c2C1)C1CCC1)c1c[nH]c2ccc(F)cc12. The number of halogens is 2. The number of aromatic nitrogens is 1. The minimum atomic E-state index is -0.591. The number of H-pyrrole nitrogens is 1. The number of nitrogens with zero attached hydrogens (tertiary/aromatic N) is 1. The summed E-state index contributed by atoms with van der Waals surface area (Å²) in [6.45, 7) is 2.92. The number of nitrogens with two attached hydrogens (primary N) is 1. The van der Waals surface area contributed by atoms with Crippen LogP contribution in [0, 0.1) is 11.6 Å². The molecule has 2 aliphatic rings. The van der Waals surface area contributed by atoms with Gasteiger partial charge in [-0.2, -0.15) is 0 Å². The van der Waals surface area contributed by atoms with Gasteiger partial charge in [0.2, 0.25) is 5.91 Å². The number of carbonyl (C=O) groups is 1. The van der Waals surface area contributed by atoms with Gasteiger partial charge in [-0.05, 0) is 67.5 Å². The molecule has 1 fully saturated rings. The summed E-state index contributed by atoms with van der Waals surface area (Å²) in [6.07, 6.45) is 8.17. The first kappa shape index (κ1) is 21.5. The molecule has 1 aliphatic heterocycles. The summed E-state index contributed by atoms with van der Waals surface area (Å²) in [5.74, 6) is -1.04. The van der Waals surface area contributed by atoms with Crippen LogP contribution in [0.25, 0.3) is 10.9 Å². The number of primary amides is 1. The van der Waals surface area contributed by atoms with Gasteiger partial charge in [-0.25, -0.2) is 8.78 Å². The van der Waals surface area contributed by atoms with E-state index in [-0.39, 0.29) is 17.5 Å². The number of ether oxygens (including phenoxy) is 1. The zero-order valence-electron chi connectivity index (χ0n) is 18.5. The van der Waals surface area contributed by atoms with E-state index in [2.05, 4.69) is 16.8 Å². The molecule has 2 heterocycles. The smallest absolute Gasteiger partial charge is 0.249 e. The zero-order chi connectivity index (χ0) is 23.1. The summed E-state index contributed by atoms with van der Waals surface area (Å²) in [6, 6.07) is 7.83. The van der Waals surface area contributed by atoms with Gasteiger partial charge < -0.3 is 20.4 Å². The molecule has 3 aromatic rings. The number of benzene rings is 2. The highest BCUT2D eigenvalue weighted by Crippen LogP contribution is 2.37. The standard InChI is InChI=1S/C26H27F2N3O2/c1-15(22-13-30-24-8-5-16(27)11-20(22)24)9-10-31(17-3-2-4-17)18-12-21-19(26(29)32)6-7-23(28)25(21)33-14-18/h5-8,11,13-15,17,30H,2-4,9-10,12H2,1H3,(H2,29,32)/t15-/m0/s1. The number of rotatable bonds is 7. The Morgan fingerprint density at radius 2 is 2.09 bits per heavy atom. The minimum Gasteiger partial charge on any atom is -0.460 e. The second kappa shape index (κ2) is 8.54. The van der Waals surface area contributed by atoms with Crippen LogP contribution in [-0.4, -0.2) is 28.4 Å². The van der Waals surface area contributed by atoms with Gasteiger partial charge in [0, 0.05) is 47.2 Å². The van der Waals surface area contributed by atoms with Crippen molar-refractivity contribution in [2.75, 3.05) is 6.54 Å². The summed E-state index contributed by atoms with van der Waals surface area (Å²) in [7, 11) is 0. The molecule has 1 amide bonds. The highest BCUT2D eigenvalue weighted by Gasteiger charge is 2.31. The van der Waals surface area contributed by atoms with E-state index in [1.165, 1.54) is 24.6 Å². The molecule has 0 unspecified atom stereocenters. The third-order valence-electron chi connectivity index (χ3n) is 7.04. The zero-order valence-corrected chi connectivity index (χ0v) is 18.5. The van der Waals surface area contributed by atoms with E-state index in [0.29, 0.717) is 23.6 Å². The molecule has 5 rings (SSSR count). The van der Waals surface area contributed by atoms with E-state index in [1.807, 2.05) is 6.20 Å². The first-order valence-corrected chi connectivity index (χ1v) is 11.4. The lowest BCUT2D eigenvalue weighted by Gasteiger charge is -2.42. The number of fused-ring (bicyclic) bond motifs is 2. The van der Waals surface area contributed by atoms with Gasteiger partial charge in [0.25, 0.3) is 0 Å². The number of hydrogen-bond acceptors (Lipinski definition) is 3. The van der Waals surface area contributed by atoms with Gasteiger partial charge in [0.1, 0.15) is 12.1 Å². The molecule has 0 saturated heterocycles. The lowest BCUT2D eigenvalue weighted by atomic mass is 9.88. The highest BCUT2D eigenvalue weighted by molar-refractivity contribution is 5.95. The molecule has 1 atom stereocenters. The van der Waals surface area contributed by atoms with Crippen molar-refractivity contribution in [1.29, 1.82) is 0 Å². The molecule has 1 aromatic heterocycles. The van der Waals surface area contributed by atoms with Crippen molar-refractivity contribution in [2.24, 2.45) is 5.73 Å². The maximum absolute atomic E-state index is 14.3. The van der Waals surface area contributed by atoms with E-state index in [4.69, 9.17) is 10.5 Å². The van der Waals surface area contributed by atoms with Crippen LogP contribution in [0.2, 0.25) is 0 Å². The van der Waals surface area contributed by atoms with Crippen molar-refractivity contribution in [3.63, 3.8) is 0 Å². The number of nitrogens with one attached hydrogen (secondary N) is 1. The molecule has 2 aromatic carbocycles. The Hall–Kier alpha value is -3.35. The second-order valence-electron chi connectivity index (χ2n) is 9.07. The number of allylic oxidation sites excluding steroid dienone is 1. The van der Waals surface area contributed by atoms with Crippen LogP contribution in [0.4, 0.5) is 8.78 Å². The van der Waals surface area contributed by atoms with Gasteiger partial charge in [0.05, 0.1) is 5.70 Å². The fraction of sp³-hybridized carbons (Fsp3) is 0.346. The summed E-state index contributed by atoms with van der Waals surface area (Å²) < 4.78 is 33.8. The maximum Gasteiger partial charge on any atom is 0.249 e. The highest BCUT2D eigenvalue weighted by atomic mass is 19.1. The summed E-state index contributed by atoms with van der Waals surface area (Å²) in [5.41, 5.74) is 9.28. The second-order valence-corrected chi connectivity index (χ2v) is 9.07. The number of aromatic amines is 1. The first-order valence-electron chi connectivity index (χ1n) is 11.4. The molecule has 3 N–H and O–H groups in total. The lowest BCUT2D eigenvalue weighted by Crippen LogP contribution is -2.41. The average Bonchev–Trinajstić information content (AvgIpc) is 3.18. The van der Waals surface area contributed by atoms with Gasteiger partial charge in [-0.15, -0.1) is 0 Å². The average molecular weight is 452 g/mol. The third kappa shape index (κ3) is 3.96. The predicted octanol–water partition coefficient (Wildman–Crippen LogP) is 5.37. The van der Waals surface area contributed by atoms with Crippen LogP contribution in [0.1, 0.15) is 60.0 Å². The minimum absolute atomic E-state index is 0.0813. The van der Waals surface area contributed by atoms with Crippen LogP contribution < -0.4 is 10.5 Å². The van der Waals surface area contributed by atoms with Crippen LogP contribution in [0.5, 0.6) is 5.75 Å². The maximum atomic E-state index is 14.3. The monoisotopic (exact) mass is 451 g/mol. The molecule has 33 heavy (non-hydrogen) atoms. The van der Waals surface area contributed by atoms with E-state index in [9.17, 15) is 13.6 Å². The fourth-order valence-electron chi connectivity index (χ4n) is 4.92. The fourth-order valence-corrected chi connectivity index (χ4v) is 4.92. The molecular weight excluding hydrogens is 424 g/mol. The molecule has 1 saturated carbocycles. The van der Waals surface area contributed by atoms with Crippen molar-refractivity contribution in [3.05, 3.63) is 76.8 Å². The van der Waals surface area contributed by atoms with E-state index in [0.717, 1.165) is 48.0 Å². The van der Waals surface area contributed by atoms with Crippen LogP contribution in [-0.2, 0) is 6.42 Å². The van der Waals surface area contributed by atoms with Crippen molar-refractivity contribution in [2.45, 2.75) is 51.0 Å². The summed E-state index contributed by atoms with van der Waals surface area (Å²) >= 11 is 0. The molecule has 0 spiro atoms. The number of amides is 1. The Balaban J connectivity index is 1.37. The Kier molecular flexibility index (Phi) is 5.56. The molecule has 172 valence electrons. The predicted molar refractivity (Wildman–Crippen MR) is 123 cm³/mol. The van der Waals surface area contributed by atoms with E-state index in [1.54, 1.807) is 18.4 Å². The Bertz CT molecular complexity index is 1250. The Labute approximate surface area is 191 Å².